The summed E-state index contributed by atoms with van der Waals surface area (Å²) in [5, 5.41) is 7.39. The molecule has 0 amide bonds. The number of ether oxygens (including phenoxy) is 1. The Kier molecular flexibility index (Phi) is 3.63. The third-order valence-corrected chi connectivity index (χ3v) is 2.18. The zero-order chi connectivity index (χ0) is 13.2. The summed E-state index contributed by atoms with van der Waals surface area (Å²) in [6.07, 6.45) is -4.84. The maximum Gasteiger partial charge on any atom is 0.420 e. The lowest BCUT2D eigenvalue weighted by molar-refractivity contribution is -0.139. The van der Waals surface area contributed by atoms with E-state index in [9.17, 15) is 18.0 Å². The first-order valence-corrected chi connectivity index (χ1v) is 4.58. The number of methoxy groups -OCH3 is 1. The van der Waals surface area contributed by atoms with Crippen LogP contribution in [-0.2, 0) is 6.18 Å². The smallest absolute Gasteiger partial charge is 0.420 e. The van der Waals surface area contributed by atoms with Gasteiger partial charge in [-0.05, 0) is 23.7 Å². The predicted octanol–water partition coefficient (Wildman–Crippen LogP) is 2.96. The third kappa shape index (κ3) is 2.50. The van der Waals surface area contributed by atoms with Gasteiger partial charge < -0.3 is 4.74 Å². The van der Waals surface area contributed by atoms with E-state index in [1.165, 1.54) is 0 Å². The molecule has 0 aliphatic rings. The van der Waals surface area contributed by atoms with E-state index >= 15 is 0 Å². The van der Waals surface area contributed by atoms with Gasteiger partial charge in [-0.1, -0.05) is 0 Å². The molecule has 0 N–H and O–H groups in total. The van der Waals surface area contributed by atoms with Gasteiger partial charge in [-0.15, -0.1) is 0 Å². The minimum atomic E-state index is -4.84. The highest BCUT2D eigenvalue weighted by atomic mass is 35.5. The summed E-state index contributed by atoms with van der Waals surface area (Å²) in [6, 6.07) is 3.44. The first-order valence-electron chi connectivity index (χ1n) is 4.21. The van der Waals surface area contributed by atoms with Crippen LogP contribution in [0.15, 0.2) is 12.1 Å². The molecule has 0 aliphatic heterocycles. The predicted molar refractivity (Wildman–Crippen MR) is 52.9 cm³/mol. The van der Waals surface area contributed by atoms with Crippen molar-refractivity contribution in [3.63, 3.8) is 0 Å². The van der Waals surface area contributed by atoms with Crippen molar-refractivity contribution in [2.45, 2.75) is 6.18 Å². The molecule has 0 bridgehead atoms. The van der Waals surface area contributed by atoms with Crippen LogP contribution in [0.25, 0.3) is 0 Å². The number of hydrogen-bond donors (Lipinski definition) is 0. The van der Waals surface area contributed by atoms with Gasteiger partial charge in [0.25, 0.3) is 5.24 Å². The van der Waals surface area contributed by atoms with E-state index in [0.29, 0.717) is 0 Å². The molecule has 0 spiro atoms. The van der Waals surface area contributed by atoms with Crippen molar-refractivity contribution in [3.8, 4) is 11.8 Å². The van der Waals surface area contributed by atoms with Gasteiger partial charge >= 0.3 is 6.18 Å². The molecule has 0 radical (unpaired) electrons. The molecule has 0 aliphatic carbocycles. The second kappa shape index (κ2) is 4.63. The van der Waals surface area contributed by atoms with E-state index < -0.39 is 28.3 Å². The molecule has 0 aromatic heterocycles. The van der Waals surface area contributed by atoms with Gasteiger partial charge in [0, 0.05) is 0 Å². The molecular weight excluding hydrogens is 259 g/mol. The highest BCUT2D eigenvalue weighted by Gasteiger charge is 2.39. The molecule has 0 atom stereocenters. The molecule has 7 heteroatoms. The molecule has 0 heterocycles. The first kappa shape index (κ1) is 13.3. The lowest BCUT2D eigenvalue weighted by Crippen LogP contribution is -2.14. The van der Waals surface area contributed by atoms with E-state index in [4.69, 9.17) is 16.9 Å². The topological polar surface area (TPSA) is 50.1 Å². The van der Waals surface area contributed by atoms with Crippen LogP contribution >= 0.6 is 11.6 Å². The van der Waals surface area contributed by atoms with E-state index in [1.54, 1.807) is 6.07 Å². The molecule has 0 saturated heterocycles. The molecule has 90 valence electrons. The SMILES string of the molecule is COc1c(C#N)ccc(C(=O)Cl)c1C(F)(F)F. The first-order chi connectivity index (χ1) is 7.82. The Morgan fingerprint density at radius 2 is 2.06 bits per heavy atom. The van der Waals surface area contributed by atoms with Gasteiger partial charge in [0.05, 0.1) is 18.2 Å². The van der Waals surface area contributed by atoms with Gasteiger partial charge in [-0.3, -0.25) is 4.79 Å². The Morgan fingerprint density at radius 3 is 2.41 bits per heavy atom. The van der Waals surface area contributed by atoms with Crippen molar-refractivity contribution < 1.29 is 22.7 Å². The van der Waals surface area contributed by atoms with Crippen LogP contribution in [0, 0.1) is 11.3 Å². The summed E-state index contributed by atoms with van der Waals surface area (Å²) in [5.74, 6) is -0.702. The second-order valence-corrected chi connectivity index (χ2v) is 3.30. The van der Waals surface area contributed by atoms with Crippen molar-refractivity contribution in [1.29, 1.82) is 5.26 Å². The molecule has 0 fully saturated rings. The van der Waals surface area contributed by atoms with E-state index in [-0.39, 0.29) is 5.56 Å². The molecule has 1 rings (SSSR count). The van der Waals surface area contributed by atoms with Crippen LogP contribution < -0.4 is 4.74 Å². The second-order valence-electron chi connectivity index (χ2n) is 2.95. The average molecular weight is 264 g/mol. The van der Waals surface area contributed by atoms with Crippen molar-refractivity contribution in [1.82, 2.24) is 0 Å². The Morgan fingerprint density at radius 1 is 1.47 bits per heavy atom. The molecular formula is C10H5ClF3NO2. The minimum Gasteiger partial charge on any atom is -0.495 e. The van der Waals surface area contributed by atoms with Crippen molar-refractivity contribution in [2.24, 2.45) is 0 Å². The van der Waals surface area contributed by atoms with Crippen LogP contribution in [0.1, 0.15) is 21.5 Å². The standard InChI is InChI=1S/C10H5ClF3NO2/c1-17-8-5(4-15)2-3-6(9(11)16)7(8)10(12,13)14/h2-3H,1H3. The molecule has 17 heavy (non-hydrogen) atoms. The van der Waals surface area contributed by atoms with Gasteiger partial charge in [-0.25, -0.2) is 0 Å². The van der Waals surface area contributed by atoms with Crippen LogP contribution in [0.4, 0.5) is 13.2 Å². The summed E-state index contributed by atoms with van der Waals surface area (Å²) in [5.41, 5.74) is -2.39. The summed E-state index contributed by atoms with van der Waals surface area (Å²) < 4.78 is 42.8. The maximum absolute atomic E-state index is 12.8. The zero-order valence-corrected chi connectivity index (χ0v) is 9.19. The van der Waals surface area contributed by atoms with E-state index in [1.807, 2.05) is 0 Å². The lowest BCUT2D eigenvalue weighted by Gasteiger charge is -2.15. The van der Waals surface area contributed by atoms with E-state index in [0.717, 1.165) is 19.2 Å². The number of carbonyl (C=O) groups excluding carboxylic acids is 1. The van der Waals surface area contributed by atoms with Gasteiger partial charge in [0.1, 0.15) is 17.4 Å². The number of nitriles is 1. The maximum atomic E-state index is 12.8. The van der Waals surface area contributed by atoms with Gasteiger partial charge in [0.2, 0.25) is 0 Å². The van der Waals surface area contributed by atoms with Crippen molar-refractivity contribution >= 4 is 16.8 Å². The minimum absolute atomic E-state index is 0.318. The molecule has 0 saturated carbocycles. The monoisotopic (exact) mass is 263 g/mol. The van der Waals surface area contributed by atoms with E-state index in [2.05, 4.69) is 4.74 Å². The fourth-order valence-corrected chi connectivity index (χ4v) is 1.49. The lowest BCUT2D eigenvalue weighted by atomic mass is 10.0. The quantitative estimate of drug-likeness (QED) is 0.771. The Labute approximate surface area is 99.4 Å². The number of nitrogens with zero attached hydrogens (tertiary/aromatic N) is 1. The number of halogens is 4. The summed E-state index contributed by atoms with van der Waals surface area (Å²) in [4.78, 5) is 10.9. The average Bonchev–Trinajstić information content (AvgIpc) is 2.25. The third-order valence-electron chi connectivity index (χ3n) is 1.98. The summed E-state index contributed by atoms with van der Waals surface area (Å²) in [7, 11) is 0.980. The van der Waals surface area contributed by atoms with Gasteiger partial charge in [-0.2, -0.15) is 18.4 Å². The van der Waals surface area contributed by atoms with Crippen LogP contribution in [-0.4, -0.2) is 12.4 Å². The largest absolute Gasteiger partial charge is 0.495 e. The Bertz CT molecular complexity index is 505. The molecule has 3 nitrogen and oxygen atoms in total. The van der Waals surface area contributed by atoms with Crippen LogP contribution in [0.3, 0.4) is 0 Å². The fraction of sp³-hybridized carbons (Fsp3) is 0.200. The van der Waals surface area contributed by atoms with Crippen molar-refractivity contribution in [2.75, 3.05) is 7.11 Å². The Hall–Kier alpha value is -1.74. The zero-order valence-electron chi connectivity index (χ0n) is 8.43. The van der Waals surface area contributed by atoms with Crippen LogP contribution in [0.5, 0.6) is 5.75 Å². The van der Waals surface area contributed by atoms with Crippen molar-refractivity contribution in [3.05, 3.63) is 28.8 Å². The number of alkyl halides is 3. The molecule has 1 aromatic rings. The highest BCUT2D eigenvalue weighted by molar-refractivity contribution is 6.68. The number of benzene rings is 1. The fourth-order valence-electron chi connectivity index (χ4n) is 1.33. The molecule has 1 aromatic carbocycles. The summed E-state index contributed by atoms with van der Waals surface area (Å²) >= 11 is 5.06. The highest BCUT2D eigenvalue weighted by Crippen LogP contribution is 2.40. The van der Waals surface area contributed by atoms with Gasteiger partial charge in [0.15, 0.2) is 0 Å². The summed E-state index contributed by atoms with van der Waals surface area (Å²) in [6.45, 7) is 0. The number of rotatable bonds is 2. The Balaban J connectivity index is 3.70. The number of carbonyl (C=O) groups is 1. The molecule has 0 unspecified atom stereocenters. The number of hydrogen-bond acceptors (Lipinski definition) is 3. The normalized spacial score (nSPS) is 10.8. The van der Waals surface area contributed by atoms with Crippen LogP contribution in [0.2, 0.25) is 0 Å².